The number of hydrogen-bond donors (Lipinski definition) is 1. The monoisotopic (exact) mass is 519 g/mol. The normalized spacial score (nSPS) is 15.8. The molecular formula is C22H25ClF3N3O4S. The van der Waals surface area contributed by atoms with Crippen molar-refractivity contribution in [1.82, 2.24) is 9.62 Å². The highest BCUT2D eigenvalue weighted by Gasteiger charge is 2.35. The standard InChI is InChI=1S/C22H25ClF3N3O4S/c1-3-33-20-7-5-4-6-19(20)28-10-12-29(13-11-28)21(30)15(2)27-34(31,32)16-8-9-18(23)17(14-16)22(24,25)26/h4-9,14-15,27H,3,10-13H2,1-2H3/t15-/m1/s1. The SMILES string of the molecule is CCOc1ccccc1N1CCN(C(=O)[C@@H](C)NS(=O)(=O)c2ccc(Cl)c(C(F)(F)F)c2)CC1. The average Bonchev–Trinajstić information content (AvgIpc) is 2.78. The predicted octanol–water partition coefficient (Wildman–Crippen LogP) is 3.77. The molecule has 1 N–H and O–H groups in total. The number of sulfonamides is 1. The number of amides is 1. The topological polar surface area (TPSA) is 79.0 Å². The van der Waals surface area contributed by atoms with Gasteiger partial charge in [-0.1, -0.05) is 23.7 Å². The number of para-hydroxylation sites is 2. The quantitative estimate of drug-likeness (QED) is 0.602. The van der Waals surface area contributed by atoms with Crippen molar-refractivity contribution in [2.45, 2.75) is 31.0 Å². The molecule has 12 heteroatoms. The van der Waals surface area contributed by atoms with Crippen molar-refractivity contribution in [3.05, 3.63) is 53.1 Å². The van der Waals surface area contributed by atoms with E-state index in [1.54, 1.807) is 0 Å². The van der Waals surface area contributed by atoms with Crippen LogP contribution >= 0.6 is 11.6 Å². The van der Waals surface area contributed by atoms with Gasteiger partial charge in [0.15, 0.2) is 0 Å². The van der Waals surface area contributed by atoms with Gasteiger partial charge in [0, 0.05) is 26.2 Å². The van der Waals surface area contributed by atoms with E-state index >= 15 is 0 Å². The molecular weight excluding hydrogens is 495 g/mol. The molecule has 0 aliphatic carbocycles. The Bertz CT molecular complexity index is 1140. The minimum atomic E-state index is -4.81. The molecule has 0 unspecified atom stereocenters. The van der Waals surface area contributed by atoms with Gasteiger partial charge >= 0.3 is 6.18 Å². The number of rotatable bonds is 7. The van der Waals surface area contributed by atoms with Crippen LogP contribution in [-0.4, -0.2) is 58.1 Å². The largest absolute Gasteiger partial charge is 0.492 e. The minimum Gasteiger partial charge on any atom is -0.492 e. The van der Waals surface area contributed by atoms with Crippen molar-refractivity contribution >= 4 is 33.2 Å². The third-order valence-electron chi connectivity index (χ3n) is 5.35. The molecule has 1 atom stereocenters. The number of piperazine rings is 1. The highest BCUT2D eigenvalue weighted by molar-refractivity contribution is 7.89. The number of benzene rings is 2. The molecule has 1 amide bonds. The fourth-order valence-electron chi connectivity index (χ4n) is 3.68. The van der Waals surface area contributed by atoms with Gasteiger partial charge < -0.3 is 14.5 Å². The lowest BCUT2D eigenvalue weighted by atomic mass is 10.2. The Hall–Kier alpha value is -2.50. The van der Waals surface area contributed by atoms with Gasteiger partial charge in [-0.15, -0.1) is 0 Å². The van der Waals surface area contributed by atoms with Crippen LogP contribution in [0.25, 0.3) is 0 Å². The number of carbonyl (C=O) groups excluding carboxylic acids is 1. The zero-order chi connectivity index (χ0) is 25.1. The maximum atomic E-state index is 13.1. The number of halogens is 4. The summed E-state index contributed by atoms with van der Waals surface area (Å²) in [6, 6.07) is 8.69. The molecule has 7 nitrogen and oxygen atoms in total. The summed E-state index contributed by atoms with van der Waals surface area (Å²) in [7, 11) is -4.39. The number of hydrogen-bond acceptors (Lipinski definition) is 5. The van der Waals surface area contributed by atoms with Gasteiger partial charge in [-0.2, -0.15) is 17.9 Å². The van der Waals surface area contributed by atoms with E-state index in [0.717, 1.165) is 23.6 Å². The highest BCUT2D eigenvalue weighted by Crippen LogP contribution is 2.36. The lowest BCUT2D eigenvalue weighted by molar-refractivity contribution is -0.137. The van der Waals surface area contributed by atoms with Gasteiger partial charge in [-0.05, 0) is 44.2 Å². The lowest BCUT2D eigenvalue weighted by Gasteiger charge is -2.37. The van der Waals surface area contributed by atoms with Gasteiger partial charge in [0.05, 0.1) is 33.8 Å². The summed E-state index contributed by atoms with van der Waals surface area (Å²) in [6.45, 7) is 5.50. The zero-order valence-electron chi connectivity index (χ0n) is 18.6. The molecule has 34 heavy (non-hydrogen) atoms. The summed E-state index contributed by atoms with van der Waals surface area (Å²) in [6.07, 6.45) is -4.81. The second-order valence-corrected chi connectivity index (χ2v) is 9.82. The summed E-state index contributed by atoms with van der Waals surface area (Å²) in [5.74, 6) is 0.276. The number of carbonyl (C=O) groups is 1. The van der Waals surface area contributed by atoms with Crippen LogP contribution in [0.4, 0.5) is 18.9 Å². The first-order valence-corrected chi connectivity index (χ1v) is 12.4. The van der Waals surface area contributed by atoms with E-state index in [0.29, 0.717) is 38.9 Å². The first kappa shape index (κ1) is 26.1. The molecule has 2 aromatic rings. The molecule has 1 aliphatic rings. The predicted molar refractivity (Wildman–Crippen MR) is 123 cm³/mol. The fourth-order valence-corrected chi connectivity index (χ4v) is 5.12. The van der Waals surface area contributed by atoms with E-state index in [1.165, 1.54) is 11.8 Å². The van der Waals surface area contributed by atoms with Crippen LogP contribution in [0.3, 0.4) is 0 Å². The number of ether oxygens (including phenoxy) is 1. The molecule has 1 aliphatic heterocycles. The number of alkyl halides is 3. The van der Waals surface area contributed by atoms with Crippen molar-refractivity contribution in [2.24, 2.45) is 0 Å². The van der Waals surface area contributed by atoms with E-state index in [9.17, 15) is 26.4 Å². The summed E-state index contributed by atoms with van der Waals surface area (Å²) in [5, 5.41) is -0.612. The fraction of sp³-hybridized carbons (Fsp3) is 0.409. The number of nitrogens with zero attached hydrogens (tertiary/aromatic N) is 2. The maximum Gasteiger partial charge on any atom is 0.417 e. The molecule has 1 heterocycles. The van der Waals surface area contributed by atoms with Crippen molar-refractivity contribution in [3.63, 3.8) is 0 Å². The van der Waals surface area contributed by atoms with Crippen molar-refractivity contribution < 1.29 is 31.1 Å². The van der Waals surface area contributed by atoms with Crippen molar-refractivity contribution in [1.29, 1.82) is 0 Å². The summed E-state index contributed by atoms with van der Waals surface area (Å²) in [4.78, 5) is 15.8. The van der Waals surface area contributed by atoms with Gasteiger partial charge in [0.25, 0.3) is 0 Å². The zero-order valence-corrected chi connectivity index (χ0v) is 20.2. The molecule has 2 aromatic carbocycles. The Morgan fingerprint density at radius 2 is 1.79 bits per heavy atom. The average molecular weight is 520 g/mol. The van der Waals surface area contributed by atoms with Crippen molar-refractivity contribution in [2.75, 3.05) is 37.7 Å². The third-order valence-corrected chi connectivity index (χ3v) is 7.22. The third kappa shape index (κ3) is 5.94. The molecule has 186 valence electrons. The second kappa shape index (κ2) is 10.4. The van der Waals surface area contributed by atoms with Gasteiger partial charge in [-0.3, -0.25) is 4.79 Å². The Morgan fingerprint density at radius 3 is 2.41 bits per heavy atom. The van der Waals surface area contributed by atoms with Gasteiger partial charge in [0.2, 0.25) is 15.9 Å². The summed E-state index contributed by atoms with van der Waals surface area (Å²) >= 11 is 5.56. The smallest absolute Gasteiger partial charge is 0.417 e. The van der Waals surface area contributed by atoms with Crippen LogP contribution in [0.5, 0.6) is 5.75 Å². The van der Waals surface area contributed by atoms with Crippen LogP contribution in [0, 0.1) is 0 Å². The molecule has 1 fully saturated rings. The second-order valence-electron chi connectivity index (χ2n) is 7.70. The molecule has 1 saturated heterocycles. The van der Waals surface area contributed by atoms with E-state index in [-0.39, 0.29) is 0 Å². The first-order chi connectivity index (χ1) is 15.9. The van der Waals surface area contributed by atoms with Gasteiger partial charge in [0.1, 0.15) is 5.75 Å². The lowest BCUT2D eigenvalue weighted by Crippen LogP contribution is -2.54. The first-order valence-electron chi connectivity index (χ1n) is 10.6. The Balaban J connectivity index is 1.66. The molecule has 0 radical (unpaired) electrons. The molecule has 0 saturated carbocycles. The van der Waals surface area contributed by atoms with Crippen LogP contribution in [0.1, 0.15) is 19.4 Å². The summed E-state index contributed by atoms with van der Waals surface area (Å²) in [5.41, 5.74) is -0.354. The molecule has 0 aromatic heterocycles. The van der Waals surface area contributed by atoms with Crippen LogP contribution in [-0.2, 0) is 21.0 Å². The van der Waals surface area contributed by atoms with Gasteiger partial charge in [-0.25, -0.2) is 8.42 Å². The van der Waals surface area contributed by atoms with Crippen LogP contribution < -0.4 is 14.4 Å². The number of anilines is 1. The van der Waals surface area contributed by atoms with Crippen LogP contribution in [0.15, 0.2) is 47.4 Å². The molecule has 0 spiro atoms. The maximum absolute atomic E-state index is 13.1. The number of nitrogens with one attached hydrogen (secondary N) is 1. The molecule has 0 bridgehead atoms. The summed E-state index contributed by atoms with van der Waals surface area (Å²) < 4.78 is 72.4. The van der Waals surface area contributed by atoms with E-state index in [1.807, 2.05) is 31.2 Å². The Kier molecular flexibility index (Phi) is 7.99. The van der Waals surface area contributed by atoms with Crippen molar-refractivity contribution in [3.8, 4) is 5.75 Å². The van der Waals surface area contributed by atoms with E-state index < -0.39 is 43.6 Å². The molecule has 3 rings (SSSR count). The van der Waals surface area contributed by atoms with E-state index in [2.05, 4.69) is 9.62 Å². The Morgan fingerprint density at radius 1 is 1.15 bits per heavy atom. The Labute approximate surface area is 201 Å². The minimum absolute atomic E-state index is 0.352. The highest BCUT2D eigenvalue weighted by atomic mass is 35.5. The van der Waals surface area contributed by atoms with Crippen LogP contribution in [0.2, 0.25) is 5.02 Å². The van der Waals surface area contributed by atoms with E-state index in [4.69, 9.17) is 16.3 Å².